The topological polar surface area (TPSA) is 66.5 Å². The van der Waals surface area contributed by atoms with Crippen LogP contribution in [0.3, 0.4) is 0 Å². The largest absolute Gasteiger partial charge is 0.365 e. The van der Waals surface area contributed by atoms with Crippen LogP contribution in [0.5, 0.6) is 0 Å². The average Bonchev–Trinajstić information content (AvgIpc) is 2.73. The Balaban J connectivity index is 2.13. The number of aromatic nitrogens is 3. The lowest BCUT2D eigenvalue weighted by atomic mass is 10.2. The van der Waals surface area contributed by atoms with Gasteiger partial charge in [-0.15, -0.1) is 0 Å². The van der Waals surface area contributed by atoms with Crippen LogP contribution < -0.4 is 5.32 Å². The zero-order valence-corrected chi connectivity index (χ0v) is 9.81. The SMILES string of the molecule is Cc1ccc(C#N)c(NCc2cnn(C)c2)n1. The monoisotopic (exact) mass is 227 g/mol. The van der Waals surface area contributed by atoms with Crippen molar-refractivity contribution in [1.82, 2.24) is 14.8 Å². The molecule has 0 aliphatic carbocycles. The fourth-order valence-electron chi connectivity index (χ4n) is 1.53. The van der Waals surface area contributed by atoms with Gasteiger partial charge in [-0.05, 0) is 19.1 Å². The molecular formula is C12H13N5. The van der Waals surface area contributed by atoms with Gasteiger partial charge in [-0.25, -0.2) is 4.98 Å². The Morgan fingerprint density at radius 2 is 2.29 bits per heavy atom. The van der Waals surface area contributed by atoms with E-state index < -0.39 is 0 Å². The minimum Gasteiger partial charge on any atom is -0.365 e. The molecule has 0 fully saturated rings. The van der Waals surface area contributed by atoms with Crippen LogP contribution in [0.25, 0.3) is 0 Å². The molecule has 0 bridgehead atoms. The third kappa shape index (κ3) is 2.61. The van der Waals surface area contributed by atoms with E-state index in [2.05, 4.69) is 21.5 Å². The summed E-state index contributed by atoms with van der Waals surface area (Å²) in [6, 6.07) is 5.72. The molecule has 2 aromatic rings. The fraction of sp³-hybridized carbons (Fsp3) is 0.250. The van der Waals surface area contributed by atoms with Gasteiger partial charge in [-0.1, -0.05) is 0 Å². The third-order valence-electron chi connectivity index (χ3n) is 2.37. The van der Waals surface area contributed by atoms with Crippen LogP contribution in [0.4, 0.5) is 5.82 Å². The van der Waals surface area contributed by atoms with Crippen LogP contribution in [-0.2, 0) is 13.6 Å². The van der Waals surface area contributed by atoms with Gasteiger partial charge in [0.2, 0.25) is 0 Å². The summed E-state index contributed by atoms with van der Waals surface area (Å²) in [5, 5.41) is 16.2. The van der Waals surface area contributed by atoms with Crippen LogP contribution in [0, 0.1) is 18.3 Å². The zero-order chi connectivity index (χ0) is 12.3. The van der Waals surface area contributed by atoms with Crippen LogP contribution in [0.15, 0.2) is 24.5 Å². The lowest BCUT2D eigenvalue weighted by molar-refractivity contribution is 0.767. The first-order chi connectivity index (χ1) is 8.19. The van der Waals surface area contributed by atoms with Crippen molar-refractivity contribution >= 4 is 5.82 Å². The summed E-state index contributed by atoms with van der Waals surface area (Å²) in [4.78, 5) is 4.31. The van der Waals surface area contributed by atoms with E-state index in [1.165, 1.54) is 0 Å². The van der Waals surface area contributed by atoms with Crippen LogP contribution >= 0.6 is 0 Å². The molecule has 5 heteroatoms. The Morgan fingerprint density at radius 3 is 2.94 bits per heavy atom. The molecule has 0 amide bonds. The van der Waals surface area contributed by atoms with Gasteiger partial charge in [0, 0.05) is 31.0 Å². The Hall–Kier alpha value is -2.35. The summed E-state index contributed by atoms with van der Waals surface area (Å²) in [5.74, 6) is 0.622. The van der Waals surface area contributed by atoms with Crippen molar-refractivity contribution in [2.75, 3.05) is 5.32 Å². The Kier molecular flexibility index (Phi) is 3.06. The average molecular weight is 227 g/mol. The predicted octanol–water partition coefficient (Wildman–Crippen LogP) is 1.61. The predicted molar refractivity (Wildman–Crippen MR) is 64.2 cm³/mol. The lowest BCUT2D eigenvalue weighted by Crippen LogP contribution is -2.03. The van der Waals surface area contributed by atoms with E-state index in [-0.39, 0.29) is 0 Å². The van der Waals surface area contributed by atoms with Crippen molar-refractivity contribution in [2.45, 2.75) is 13.5 Å². The number of pyridine rings is 1. The summed E-state index contributed by atoms with van der Waals surface area (Å²) in [6.07, 6.45) is 3.71. The molecule has 86 valence electrons. The number of nitriles is 1. The summed E-state index contributed by atoms with van der Waals surface area (Å²) in [5.41, 5.74) is 2.50. The quantitative estimate of drug-likeness (QED) is 0.865. The Bertz CT molecular complexity index is 565. The number of anilines is 1. The molecule has 0 atom stereocenters. The van der Waals surface area contributed by atoms with E-state index in [0.717, 1.165) is 11.3 Å². The van der Waals surface area contributed by atoms with E-state index in [9.17, 15) is 0 Å². The van der Waals surface area contributed by atoms with Crippen LogP contribution in [0.2, 0.25) is 0 Å². The first-order valence-corrected chi connectivity index (χ1v) is 5.28. The highest BCUT2D eigenvalue weighted by molar-refractivity contribution is 5.52. The van der Waals surface area contributed by atoms with Crippen molar-refractivity contribution in [2.24, 2.45) is 7.05 Å². The van der Waals surface area contributed by atoms with Gasteiger partial charge < -0.3 is 5.32 Å². The molecular weight excluding hydrogens is 214 g/mol. The minimum atomic E-state index is 0.555. The van der Waals surface area contributed by atoms with Gasteiger partial charge >= 0.3 is 0 Å². The highest BCUT2D eigenvalue weighted by Crippen LogP contribution is 2.13. The third-order valence-corrected chi connectivity index (χ3v) is 2.37. The van der Waals surface area contributed by atoms with Gasteiger partial charge in [-0.2, -0.15) is 10.4 Å². The minimum absolute atomic E-state index is 0.555. The summed E-state index contributed by atoms with van der Waals surface area (Å²) in [7, 11) is 1.87. The van der Waals surface area contributed by atoms with Crippen molar-refractivity contribution < 1.29 is 0 Å². The van der Waals surface area contributed by atoms with E-state index >= 15 is 0 Å². The van der Waals surface area contributed by atoms with Crippen molar-refractivity contribution in [3.63, 3.8) is 0 Å². The first-order valence-electron chi connectivity index (χ1n) is 5.28. The number of rotatable bonds is 3. The molecule has 0 aliphatic rings. The van der Waals surface area contributed by atoms with Crippen LogP contribution in [0.1, 0.15) is 16.8 Å². The summed E-state index contributed by atoms with van der Waals surface area (Å²) in [6.45, 7) is 2.51. The van der Waals surface area contributed by atoms with Gasteiger partial charge in [0.05, 0.1) is 11.8 Å². The molecule has 5 nitrogen and oxygen atoms in total. The Labute approximate surface area is 99.7 Å². The Morgan fingerprint density at radius 1 is 1.47 bits per heavy atom. The number of hydrogen-bond acceptors (Lipinski definition) is 4. The van der Waals surface area contributed by atoms with Gasteiger partial charge in [0.25, 0.3) is 0 Å². The number of nitrogens with zero attached hydrogens (tertiary/aromatic N) is 4. The van der Waals surface area contributed by atoms with Crippen LogP contribution in [-0.4, -0.2) is 14.8 Å². The normalized spacial score (nSPS) is 9.94. The highest BCUT2D eigenvalue weighted by Gasteiger charge is 2.04. The first kappa shape index (κ1) is 11.1. The second-order valence-corrected chi connectivity index (χ2v) is 3.84. The van der Waals surface area contributed by atoms with E-state index in [4.69, 9.17) is 5.26 Å². The van der Waals surface area contributed by atoms with E-state index in [0.29, 0.717) is 17.9 Å². The standard InChI is InChI=1S/C12H13N5/c1-9-3-4-11(5-13)12(16-9)14-6-10-7-15-17(2)8-10/h3-4,7-8H,6H2,1-2H3,(H,14,16). The van der Waals surface area contributed by atoms with Gasteiger partial charge in [-0.3, -0.25) is 4.68 Å². The van der Waals surface area contributed by atoms with Gasteiger partial charge in [0.15, 0.2) is 0 Å². The summed E-state index contributed by atoms with van der Waals surface area (Å²) < 4.78 is 1.74. The van der Waals surface area contributed by atoms with E-state index in [1.54, 1.807) is 16.9 Å². The van der Waals surface area contributed by atoms with Crippen molar-refractivity contribution in [3.05, 3.63) is 41.3 Å². The maximum Gasteiger partial charge on any atom is 0.144 e. The highest BCUT2D eigenvalue weighted by atomic mass is 15.2. The van der Waals surface area contributed by atoms with Crippen molar-refractivity contribution in [3.8, 4) is 6.07 Å². The molecule has 0 aliphatic heterocycles. The van der Waals surface area contributed by atoms with E-state index in [1.807, 2.05) is 26.2 Å². The molecule has 0 radical (unpaired) electrons. The second kappa shape index (κ2) is 4.66. The van der Waals surface area contributed by atoms with Gasteiger partial charge in [0.1, 0.15) is 11.9 Å². The molecule has 0 spiro atoms. The number of nitrogens with one attached hydrogen (secondary N) is 1. The molecule has 0 unspecified atom stereocenters. The molecule has 0 saturated carbocycles. The molecule has 17 heavy (non-hydrogen) atoms. The fourth-order valence-corrected chi connectivity index (χ4v) is 1.53. The molecule has 1 N–H and O–H groups in total. The summed E-state index contributed by atoms with van der Waals surface area (Å²) >= 11 is 0. The maximum atomic E-state index is 8.96. The number of hydrogen-bond donors (Lipinski definition) is 1. The zero-order valence-electron chi connectivity index (χ0n) is 9.81. The molecule has 0 saturated heterocycles. The molecule has 2 aromatic heterocycles. The maximum absolute atomic E-state index is 8.96. The lowest BCUT2D eigenvalue weighted by Gasteiger charge is -2.06. The molecule has 2 rings (SSSR count). The smallest absolute Gasteiger partial charge is 0.144 e. The second-order valence-electron chi connectivity index (χ2n) is 3.84. The molecule has 0 aromatic carbocycles. The number of aryl methyl sites for hydroxylation is 2. The van der Waals surface area contributed by atoms with Crippen molar-refractivity contribution in [1.29, 1.82) is 5.26 Å². The molecule has 2 heterocycles.